The van der Waals surface area contributed by atoms with Crippen LogP contribution in [0.5, 0.6) is 5.75 Å². The molecule has 2 aliphatic rings. The third-order valence-electron chi connectivity index (χ3n) is 6.42. The maximum atomic E-state index is 13.5. The van der Waals surface area contributed by atoms with Crippen molar-refractivity contribution in [2.45, 2.75) is 35.2 Å². The van der Waals surface area contributed by atoms with E-state index in [1.54, 1.807) is 31.6 Å². The van der Waals surface area contributed by atoms with Crippen molar-refractivity contribution in [1.82, 2.24) is 15.2 Å². The number of aromatic nitrogens is 1. The molecule has 1 N–H and O–H groups in total. The molecule has 8 nitrogen and oxygen atoms in total. The third-order valence-corrected chi connectivity index (χ3v) is 9.37. The number of esters is 1. The highest BCUT2D eigenvalue weighted by molar-refractivity contribution is 8.06. The van der Waals surface area contributed by atoms with E-state index in [-0.39, 0.29) is 36.4 Å². The molecule has 0 saturated carbocycles. The number of carbonyl (C=O) groups excluding carboxylic acids is 3. The van der Waals surface area contributed by atoms with Gasteiger partial charge in [-0.3, -0.25) is 19.5 Å². The van der Waals surface area contributed by atoms with E-state index in [1.165, 1.54) is 28.4 Å². The molecule has 1 aromatic heterocycles. The van der Waals surface area contributed by atoms with Gasteiger partial charge < -0.3 is 14.8 Å². The molecule has 0 spiro atoms. The van der Waals surface area contributed by atoms with Crippen molar-refractivity contribution in [2.75, 3.05) is 12.9 Å². The monoisotopic (exact) mass is 595 g/mol. The Morgan fingerprint density at radius 1 is 1.12 bits per heavy atom. The lowest BCUT2D eigenvalue weighted by molar-refractivity contribution is -0.153. The molecule has 2 amide bonds. The molecule has 5 rings (SSSR count). The van der Waals surface area contributed by atoms with E-state index in [9.17, 15) is 14.4 Å². The molecule has 11 heteroatoms. The van der Waals surface area contributed by atoms with Gasteiger partial charge in [0.2, 0.25) is 5.91 Å². The van der Waals surface area contributed by atoms with Gasteiger partial charge in [-0.25, -0.2) is 4.79 Å². The van der Waals surface area contributed by atoms with Gasteiger partial charge in [-0.1, -0.05) is 54.2 Å². The number of nitrogens with one attached hydrogen (secondary N) is 1. The minimum atomic E-state index is -0.725. The van der Waals surface area contributed by atoms with Crippen molar-refractivity contribution in [2.24, 2.45) is 0 Å². The molecule has 40 heavy (non-hydrogen) atoms. The summed E-state index contributed by atoms with van der Waals surface area (Å²) < 4.78 is 10.9. The van der Waals surface area contributed by atoms with Gasteiger partial charge in [0.05, 0.1) is 19.4 Å². The van der Waals surface area contributed by atoms with Crippen LogP contribution in [0.1, 0.15) is 16.7 Å². The third kappa shape index (κ3) is 6.14. The Balaban J connectivity index is 1.36. The Morgan fingerprint density at radius 2 is 1.90 bits per heavy atom. The van der Waals surface area contributed by atoms with E-state index >= 15 is 0 Å². The summed E-state index contributed by atoms with van der Waals surface area (Å²) in [5, 5.41) is 2.44. The fourth-order valence-electron chi connectivity index (χ4n) is 4.35. The molecule has 3 heterocycles. The molecule has 1 saturated heterocycles. The second kappa shape index (κ2) is 12.8. The summed E-state index contributed by atoms with van der Waals surface area (Å²) in [6.07, 6.45) is 3.51. The van der Waals surface area contributed by atoms with Crippen LogP contribution >= 0.6 is 35.1 Å². The van der Waals surface area contributed by atoms with Crippen LogP contribution in [0.15, 0.2) is 88.6 Å². The summed E-state index contributed by atoms with van der Waals surface area (Å²) in [5.74, 6) is 0.215. The van der Waals surface area contributed by atoms with Crippen molar-refractivity contribution in [3.63, 3.8) is 0 Å². The molecule has 206 valence electrons. The lowest BCUT2D eigenvalue weighted by atomic mass is 10.0. The van der Waals surface area contributed by atoms with E-state index in [2.05, 4.69) is 10.3 Å². The summed E-state index contributed by atoms with van der Waals surface area (Å²) >= 11 is 8.99. The summed E-state index contributed by atoms with van der Waals surface area (Å²) in [5.41, 5.74) is 2.65. The molecular weight excluding hydrogens is 570 g/mol. The van der Waals surface area contributed by atoms with Gasteiger partial charge in [0, 0.05) is 27.9 Å². The number of nitrogens with zero attached hydrogens (tertiary/aromatic N) is 2. The van der Waals surface area contributed by atoms with Gasteiger partial charge in [-0.15, -0.1) is 23.4 Å². The zero-order valence-electron chi connectivity index (χ0n) is 21.5. The lowest BCUT2D eigenvalue weighted by Crippen LogP contribution is -2.70. The number of fused-ring (bicyclic) bond motifs is 1. The van der Waals surface area contributed by atoms with Crippen molar-refractivity contribution >= 4 is 52.9 Å². The highest BCUT2D eigenvalue weighted by Crippen LogP contribution is 2.46. The average Bonchev–Trinajstić information content (AvgIpc) is 2.99. The molecule has 1 fully saturated rings. The number of methoxy groups -OCH3 is 1. The zero-order valence-corrected chi connectivity index (χ0v) is 23.9. The SMILES string of the molecule is COc1ccc(COC(=O)C2=C(Sc3ccncc3CCl)CS[C@@H]3[C@H](NC(=O)Cc4ccccc4)C(=O)N23)cc1. The minimum Gasteiger partial charge on any atom is -0.497 e. The number of halogens is 1. The number of hydrogen-bond acceptors (Lipinski definition) is 8. The molecule has 0 radical (unpaired) electrons. The number of hydrogen-bond donors (Lipinski definition) is 1. The molecule has 2 aliphatic heterocycles. The smallest absolute Gasteiger partial charge is 0.356 e. The number of carbonyl (C=O) groups is 3. The topological polar surface area (TPSA) is 97.8 Å². The number of thioether (sulfide) groups is 2. The second-order valence-corrected chi connectivity index (χ2v) is 11.5. The molecule has 0 aliphatic carbocycles. The average molecular weight is 596 g/mol. The van der Waals surface area contributed by atoms with E-state index in [4.69, 9.17) is 21.1 Å². The van der Waals surface area contributed by atoms with Crippen molar-refractivity contribution in [3.05, 3.63) is 100 Å². The Kier molecular flexibility index (Phi) is 8.98. The Hall–Kier alpha value is -3.47. The fraction of sp³-hybridized carbons (Fsp3) is 0.241. The number of ether oxygens (including phenoxy) is 2. The van der Waals surface area contributed by atoms with Crippen LogP contribution in [0, 0.1) is 0 Å². The number of amides is 2. The number of rotatable bonds is 10. The normalized spacial score (nSPS) is 18.1. The summed E-state index contributed by atoms with van der Waals surface area (Å²) in [6.45, 7) is 0.0313. The molecule has 0 bridgehead atoms. The highest BCUT2D eigenvalue weighted by atomic mass is 35.5. The van der Waals surface area contributed by atoms with E-state index in [1.807, 2.05) is 48.5 Å². The number of pyridine rings is 1. The van der Waals surface area contributed by atoms with E-state index < -0.39 is 17.4 Å². The van der Waals surface area contributed by atoms with E-state index in [0.29, 0.717) is 16.4 Å². The maximum absolute atomic E-state index is 13.5. The van der Waals surface area contributed by atoms with Gasteiger partial charge in [0.1, 0.15) is 29.5 Å². The first-order valence-electron chi connectivity index (χ1n) is 12.5. The van der Waals surface area contributed by atoms with Gasteiger partial charge in [-0.2, -0.15) is 0 Å². The van der Waals surface area contributed by atoms with Gasteiger partial charge >= 0.3 is 5.97 Å². The summed E-state index contributed by atoms with van der Waals surface area (Å²) in [6, 6.07) is 17.6. The summed E-state index contributed by atoms with van der Waals surface area (Å²) in [4.78, 5) is 46.7. The molecule has 2 atom stereocenters. The summed E-state index contributed by atoms with van der Waals surface area (Å²) in [7, 11) is 1.58. The van der Waals surface area contributed by atoms with Crippen molar-refractivity contribution < 1.29 is 23.9 Å². The van der Waals surface area contributed by atoms with Crippen LogP contribution in [0.4, 0.5) is 0 Å². The predicted octanol–water partition coefficient (Wildman–Crippen LogP) is 4.52. The number of benzene rings is 2. The first-order valence-corrected chi connectivity index (χ1v) is 14.9. The van der Waals surface area contributed by atoms with E-state index in [0.717, 1.165) is 21.6 Å². The molecule has 0 unspecified atom stereocenters. The largest absolute Gasteiger partial charge is 0.497 e. The van der Waals surface area contributed by atoms with Crippen LogP contribution in [-0.2, 0) is 38.0 Å². The fourth-order valence-corrected chi connectivity index (χ4v) is 7.21. The lowest BCUT2D eigenvalue weighted by Gasteiger charge is -2.49. The zero-order chi connectivity index (χ0) is 28.1. The first-order chi connectivity index (χ1) is 19.5. The molecular formula is C29H26ClN3O5S2. The van der Waals surface area contributed by atoms with Gasteiger partial charge in [0.25, 0.3) is 5.91 Å². The van der Waals surface area contributed by atoms with Crippen molar-refractivity contribution in [1.29, 1.82) is 0 Å². The van der Waals surface area contributed by atoms with Crippen molar-refractivity contribution in [3.8, 4) is 5.75 Å². The molecule has 2 aromatic carbocycles. The van der Waals surface area contributed by atoms with Gasteiger partial charge in [-0.05, 0) is 34.9 Å². The van der Waals surface area contributed by atoms with Crippen LogP contribution in [0.3, 0.4) is 0 Å². The van der Waals surface area contributed by atoms with Crippen LogP contribution in [-0.4, -0.2) is 51.9 Å². The van der Waals surface area contributed by atoms with Crippen LogP contribution in [0.25, 0.3) is 0 Å². The number of alkyl halides is 1. The first kappa shape index (κ1) is 28.1. The highest BCUT2D eigenvalue weighted by Gasteiger charge is 2.54. The van der Waals surface area contributed by atoms with Crippen LogP contribution < -0.4 is 10.1 Å². The second-order valence-electron chi connectivity index (χ2n) is 9.03. The predicted molar refractivity (Wildman–Crippen MR) is 155 cm³/mol. The van der Waals surface area contributed by atoms with Crippen LogP contribution in [0.2, 0.25) is 0 Å². The Morgan fingerprint density at radius 3 is 2.62 bits per heavy atom. The Bertz CT molecular complexity index is 1440. The quantitative estimate of drug-likeness (QED) is 0.208. The van der Waals surface area contributed by atoms with Gasteiger partial charge in [0.15, 0.2) is 0 Å². The standard InChI is InChI=1S/C29H26ClN3O5S2/c1-37-21-9-7-19(8-10-21)16-38-29(36)26-23(40-22-11-12-31-15-20(22)14-30)17-39-28-25(27(35)33(26)28)32-24(34)13-18-5-3-2-4-6-18/h2-12,15,25,28H,13-14,16-17H2,1H3,(H,32,34)/t25-,28-/m1/s1. The minimum absolute atomic E-state index is 0.0313. The molecule has 3 aromatic rings. The maximum Gasteiger partial charge on any atom is 0.356 e. The number of β-lactam (4-membered cyclic amide) rings is 1. The Labute approximate surface area is 245 Å².